The third kappa shape index (κ3) is 34.5. The van der Waals surface area contributed by atoms with Crippen molar-refractivity contribution in [2.24, 2.45) is 0 Å². The van der Waals surface area contributed by atoms with Crippen LogP contribution in [0.3, 0.4) is 0 Å². The maximum atomic E-state index is 13.4. The maximum Gasteiger partial charge on any atom is 0.220 e. The van der Waals surface area contributed by atoms with Gasteiger partial charge in [0.15, 0.2) is 18.9 Å². The minimum absolute atomic E-state index is 0.245. The summed E-state index contributed by atoms with van der Waals surface area (Å²) in [6.45, 7) is 1.77. The lowest BCUT2D eigenvalue weighted by atomic mass is 9.96. The van der Waals surface area contributed by atoms with Crippen LogP contribution in [0, 0.1) is 0 Å². The van der Waals surface area contributed by atoms with Crippen molar-refractivity contribution in [2.45, 2.75) is 388 Å². The lowest BCUT2D eigenvalue weighted by Gasteiger charge is -2.48. The number of aliphatic hydroxyl groups excluding tert-OH is 11. The smallest absolute Gasteiger partial charge is 0.220 e. The van der Waals surface area contributed by atoms with Crippen LogP contribution in [-0.4, -0.2) is 193 Å². The molecule has 0 radical (unpaired) electrons. The van der Waals surface area contributed by atoms with Gasteiger partial charge in [-0.1, -0.05) is 256 Å². The number of nitrogens with one attached hydrogen (secondary N) is 1. The van der Waals surface area contributed by atoms with Gasteiger partial charge in [0.25, 0.3) is 0 Å². The van der Waals surface area contributed by atoms with Gasteiger partial charge in [-0.05, 0) is 44.9 Å². The molecule has 19 nitrogen and oxygen atoms in total. The molecule has 0 aromatic rings. The fourth-order valence-electron chi connectivity index (χ4n) is 12.4. The van der Waals surface area contributed by atoms with E-state index in [1.165, 1.54) is 212 Å². The van der Waals surface area contributed by atoms with Crippen molar-refractivity contribution in [1.82, 2.24) is 5.32 Å². The van der Waals surface area contributed by atoms with E-state index in [2.05, 4.69) is 31.3 Å². The zero-order valence-electron chi connectivity index (χ0n) is 55.4. The SMILES string of the molecule is CCCCCCCCCC/C=C\CCCCCCCCCCCCCC(=O)NC(COC1OC(CO)C(OC2OC(CO)C(OC3OC(CO)C(O)C(O)C3O)C(O)C2O)C(O)C1O)C(O)/C=C/CCCCCCCCCCCCCCCCCCCCC. The van der Waals surface area contributed by atoms with Crippen molar-refractivity contribution in [3.05, 3.63) is 24.3 Å². The van der Waals surface area contributed by atoms with Gasteiger partial charge in [-0.15, -0.1) is 0 Å². The third-order valence-electron chi connectivity index (χ3n) is 18.2. The van der Waals surface area contributed by atoms with Gasteiger partial charge in [0.05, 0.1) is 38.6 Å². The molecule has 19 heteroatoms. The second-order valence-electron chi connectivity index (χ2n) is 26.1. The number of rotatable bonds is 56. The number of carbonyl (C=O) groups is 1. The number of amides is 1. The highest BCUT2D eigenvalue weighted by atomic mass is 16.8. The fraction of sp³-hybridized carbons (Fsp3) is 0.929. The minimum Gasteiger partial charge on any atom is -0.394 e. The molecule has 17 unspecified atom stereocenters. The molecule has 0 saturated carbocycles. The van der Waals surface area contributed by atoms with E-state index in [1.807, 2.05) is 6.08 Å². The van der Waals surface area contributed by atoms with Gasteiger partial charge in [0, 0.05) is 6.42 Å². The minimum atomic E-state index is -1.98. The van der Waals surface area contributed by atoms with Gasteiger partial charge in [-0.25, -0.2) is 0 Å². The molecule has 3 fully saturated rings. The highest BCUT2D eigenvalue weighted by Gasteiger charge is 2.53. The summed E-state index contributed by atoms with van der Waals surface area (Å²) in [6, 6.07) is -0.972. The fourth-order valence-corrected chi connectivity index (χ4v) is 12.4. The second-order valence-corrected chi connectivity index (χ2v) is 26.1. The summed E-state index contributed by atoms with van der Waals surface area (Å²) in [5, 5.41) is 121. The Kier molecular flexibility index (Phi) is 48.1. The molecule has 12 N–H and O–H groups in total. The second kappa shape index (κ2) is 52.5. The number of aliphatic hydroxyl groups is 11. The lowest BCUT2D eigenvalue weighted by molar-refractivity contribution is -0.379. The van der Waals surface area contributed by atoms with Crippen LogP contribution in [0.5, 0.6) is 0 Å². The van der Waals surface area contributed by atoms with Crippen molar-refractivity contribution in [3.8, 4) is 0 Å². The van der Waals surface area contributed by atoms with Crippen molar-refractivity contribution in [1.29, 1.82) is 0 Å². The van der Waals surface area contributed by atoms with E-state index in [1.54, 1.807) is 6.08 Å². The molecule has 0 spiro atoms. The molecule has 0 aromatic carbocycles. The first-order valence-electron chi connectivity index (χ1n) is 36.1. The molecule has 524 valence electrons. The monoisotopic (exact) mass is 1270 g/mol. The molecule has 89 heavy (non-hydrogen) atoms. The largest absolute Gasteiger partial charge is 0.394 e. The number of ether oxygens (including phenoxy) is 6. The Hall–Kier alpha value is -1.73. The van der Waals surface area contributed by atoms with Gasteiger partial charge < -0.3 is 89.9 Å². The zero-order chi connectivity index (χ0) is 64.7. The van der Waals surface area contributed by atoms with Crippen LogP contribution in [-0.2, 0) is 33.2 Å². The number of hydrogen-bond donors (Lipinski definition) is 12. The van der Waals surface area contributed by atoms with E-state index in [4.69, 9.17) is 28.4 Å². The quantitative estimate of drug-likeness (QED) is 0.0199. The Bertz CT molecular complexity index is 1710. The van der Waals surface area contributed by atoms with Gasteiger partial charge in [0.2, 0.25) is 5.91 Å². The Balaban J connectivity index is 1.43. The zero-order valence-corrected chi connectivity index (χ0v) is 55.4. The van der Waals surface area contributed by atoms with E-state index in [9.17, 15) is 61.0 Å². The average Bonchev–Trinajstić information content (AvgIpc) is 2.09. The first kappa shape index (κ1) is 81.5. The normalized spacial score (nSPS) is 28.3. The van der Waals surface area contributed by atoms with Crippen LogP contribution in [0.15, 0.2) is 24.3 Å². The topological polar surface area (TPSA) is 307 Å². The summed E-state index contributed by atoms with van der Waals surface area (Å²) >= 11 is 0. The number of unbranched alkanes of at least 4 members (excludes halogenated alkanes) is 38. The first-order valence-corrected chi connectivity index (χ1v) is 36.1. The summed E-state index contributed by atoms with van der Waals surface area (Å²) in [4.78, 5) is 13.4. The van der Waals surface area contributed by atoms with Gasteiger partial charge in [-0.2, -0.15) is 0 Å². The van der Waals surface area contributed by atoms with E-state index >= 15 is 0 Å². The molecule has 1 amide bonds. The van der Waals surface area contributed by atoms with Crippen LogP contribution < -0.4 is 5.32 Å². The maximum absolute atomic E-state index is 13.4. The number of hydrogen-bond acceptors (Lipinski definition) is 18. The summed E-state index contributed by atoms with van der Waals surface area (Å²) in [7, 11) is 0. The molecule has 0 aliphatic carbocycles. The predicted molar refractivity (Wildman–Crippen MR) is 346 cm³/mol. The number of allylic oxidation sites excluding steroid dienone is 3. The molecule has 3 rings (SSSR count). The van der Waals surface area contributed by atoms with Crippen molar-refractivity contribution >= 4 is 5.91 Å². The van der Waals surface area contributed by atoms with E-state index in [0.717, 1.165) is 44.9 Å². The lowest BCUT2D eigenvalue weighted by Crippen LogP contribution is -2.66. The van der Waals surface area contributed by atoms with Crippen LogP contribution >= 0.6 is 0 Å². The van der Waals surface area contributed by atoms with Gasteiger partial charge >= 0.3 is 0 Å². The summed E-state index contributed by atoms with van der Waals surface area (Å²) < 4.78 is 34.4. The summed E-state index contributed by atoms with van der Waals surface area (Å²) in [6.07, 6.45) is 32.9. The van der Waals surface area contributed by atoms with E-state index in [-0.39, 0.29) is 18.9 Å². The van der Waals surface area contributed by atoms with Crippen molar-refractivity contribution < 1.29 is 89.4 Å². The van der Waals surface area contributed by atoms with Crippen LogP contribution in [0.4, 0.5) is 0 Å². The van der Waals surface area contributed by atoms with Crippen LogP contribution in [0.2, 0.25) is 0 Å². The molecule has 3 aliphatic heterocycles. The highest BCUT2D eigenvalue weighted by Crippen LogP contribution is 2.33. The predicted octanol–water partition coefficient (Wildman–Crippen LogP) is 9.83. The van der Waals surface area contributed by atoms with E-state index < -0.39 is 124 Å². The third-order valence-corrected chi connectivity index (χ3v) is 18.2. The van der Waals surface area contributed by atoms with Crippen molar-refractivity contribution in [3.63, 3.8) is 0 Å². The van der Waals surface area contributed by atoms with Crippen molar-refractivity contribution in [2.75, 3.05) is 26.4 Å². The molecule has 3 heterocycles. The molecule has 17 atom stereocenters. The summed E-state index contributed by atoms with van der Waals surface area (Å²) in [5.41, 5.74) is 0. The van der Waals surface area contributed by atoms with Gasteiger partial charge in [0.1, 0.15) is 73.2 Å². The molecule has 3 aliphatic rings. The Morgan fingerprint density at radius 1 is 0.393 bits per heavy atom. The number of carbonyl (C=O) groups excluding carboxylic acids is 1. The van der Waals surface area contributed by atoms with E-state index in [0.29, 0.717) is 6.42 Å². The molecular formula is C70H131NO18. The highest BCUT2D eigenvalue weighted by molar-refractivity contribution is 5.76. The van der Waals surface area contributed by atoms with Crippen LogP contribution in [0.25, 0.3) is 0 Å². The standard InChI is InChI=1S/C70H131NO18/c1-3-5-7-9-11-13-15-17-19-21-23-25-26-28-30-32-34-36-38-40-42-44-46-48-58(76)71-53(54(75)47-45-43-41-39-37-35-33-31-29-27-24-22-20-18-16-14-12-10-8-6-4-2)52-84-68-64(82)61(79)66(56(50-73)86-68)89-70-65(83)62(80)67(57(51-74)87-70)88-69-63(81)60(78)59(77)55(49-72)85-69/h21,23,45,47,53-57,59-70,72-75,77-83H,3-20,22,24-44,46,48-52H2,1-2H3,(H,71,76)/b23-21-,47-45+. The Morgan fingerprint density at radius 2 is 0.708 bits per heavy atom. The average molecular weight is 1270 g/mol. The van der Waals surface area contributed by atoms with Gasteiger partial charge in [-0.3, -0.25) is 4.79 Å². The Labute approximate surface area is 537 Å². The molecular weight excluding hydrogens is 1140 g/mol. The van der Waals surface area contributed by atoms with Crippen LogP contribution in [0.1, 0.15) is 284 Å². The summed E-state index contributed by atoms with van der Waals surface area (Å²) in [5.74, 6) is -0.272. The molecule has 3 saturated heterocycles. The first-order chi connectivity index (χ1) is 43.3. The molecule has 0 aromatic heterocycles. The molecule has 0 bridgehead atoms. The Morgan fingerprint density at radius 3 is 1.09 bits per heavy atom.